The van der Waals surface area contributed by atoms with Gasteiger partial charge in [-0.2, -0.15) is 0 Å². The molecular weight excluding hydrogens is 298 g/mol. The van der Waals surface area contributed by atoms with Crippen molar-refractivity contribution >= 4 is 16.9 Å². The summed E-state index contributed by atoms with van der Waals surface area (Å²) < 4.78 is 2.30. The molecule has 0 atom stereocenters. The highest BCUT2D eigenvalue weighted by atomic mass is 15.1. The van der Waals surface area contributed by atoms with E-state index in [2.05, 4.69) is 54.5 Å². The number of nitrogen functional groups attached to an aromatic ring is 1. The third-order valence-corrected chi connectivity index (χ3v) is 4.21. The Morgan fingerprint density at radius 2 is 1.92 bits per heavy atom. The standard InChI is InChI=1S/C19H25N5/c1-13-11-15(16-7-5-8-18(20)22-16)19-17(12-13)21-14(2)24(19)10-6-9-23(3)4/h5,7-8,11-12H,6,9-10H2,1-4H3,(H2,20,22). The fraction of sp³-hybridized carbons (Fsp3) is 0.368. The topological polar surface area (TPSA) is 60.0 Å². The molecule has 0 spiro atoms. The number of aromatic nitrogens is 3. The van der Waals surface area contributed by atoms with Gasteiger partial charge in [-0.05, 0) is 70.7 Å². The van der Waals surface area contributed by atoms with Crippen molar-refractivity contribution in [3.8, 4) is 11.3 Å². The molecule has 0 saturated heterocycles. The summed E-state index contributed by atoms with van der Waals surface area (Å²) >= 11 is 0. The zero-order valence-corrected chi connectivity index (χ0v) is 14.9. The second-order valence-electron chi connectivity index (χ2n) is 6.60. The molecule has 3 aromatic rings. The summed E-state index contributed by atoms with van der Waals surface area (Å²) in [6.07, 6.45) is 1.08. The Labute approximate surface area is 143 Å². The molecule has 0 aliphatic heterocycles. The molecule has 0 bridgehead atoms. The summed E-state index contributed by atoms with van der Waals surface area (Å²) in [6, 6.07) is 10.1. The summed E-state index contributed by atoms with van der Waals surface area (Å²) in [4.78, 5) is 11.5. The highest BCUT2D eigenvalue weighted by Crippen LogP contribution is 2.30. The van der Waals surface area contributed by atoms with Crippen molar-refractivity contribution in [2.75, 3.05) is 26.4 Å². The maximum atomic E-state index is 5.90. The van der Waals surface area contributed by atoms with Gasteiger partial charge in [0.1, 0.15) is 11.6 Å². The van der Waals surface area contributed by atoms with Gasteiger partial charge in [0.25, 0.3) is 0 Å². The molecule has 0 fully saturated rings. The van der Waals surface area contributed by atoms with Crippen LogP contribution in [0.15, 0.2) is 30.3 Å². The first-order chi connectivity index (χ1) is 11.5. The van der Waals surface area contributed by atoms with Crippen LogP contribution in [0, 0.1) is 13.8 Å². The molecule has 24 heavy (non-hydrogen) atoms. The van der Waals surface area contributed by atoms with Crippen LogP contribution >= 0.6 is 0 Å². The Morgan fingerprint density at radius 3 is 2.62 bits per heavy atom. The zero-order chi connectivity index (χ0) is 17.3. The van der Waals surface area contributed by atoms with Crippen LogP contribution in [0.4, 0.5) is 5.82 Å². The van der Waals surface area contributed by atoms with E-state index in [1.165, 1.54) is 5.56 Å². The molecular formula is C19H25N5. The van der Waals surface area contributed by atoms with Crippen molar-refractivity contribution in [2.45, 2.75) is 26.8 Å². The number of hydrogen-bond donors (Lipinski definition) is 1. The van der Waals surface area contributed by atoms with Gasteiger partial charge in [-0.3, -0.25) is 0 Å². The van der Waals surface area contributed by atoms with Crippen molar-refractivity contribution in [3.05, 3.63) is 41.7 Å². The fourth-order valence-corrected chi connectivity index (χ4v) is 3.14. The van der Waals surface area contributed by atoms with Gasteiger partial charge in [0.05, 0.1) is 16.7 Å². The van der Waals surface area contributed by atoms with Crippen LogP contribution < -0.4 is 5.73 Å². The highest BCUT2D eigenvalue weighted by molar-refractivity contribution is 5.92. The smallest absolute Gasteiger partial charge is 0.124 e. The summed E-state index contributed by atoms with van der Waals surface area (Å²) in [5.74, 6) is 1.58. The Kier molecular flexibility index (Phi) is 4.53. The van der Waals surface area contributed by atoms with Crippen LogP contribution in [-0.4, -0.2) is 40.1 Å². The van der Waals surface area contributed by atoms with E-state index in [1.54, 1.807) is 0 Å². The number of fused-ring (bicyclic) bond motifs is 1. The van der Waals surface area contributed by atoms with E-state index in [1.807, 2.05) is 18.2 Å². The number of anilines is 1. The Morgan fingerprint density at radius 1 is 1.12 bits per heavy atom. The molecule has 0 unspecified atom stereocenters. The molecule has 2 aromatic heterocycles. The fourth-order valence-electron chi connectivity index (χ4n) is 3.14. The Balaban J connectivity index is 2.13. The summed E-state index contributed by atoms with van der Waals surface area (Å²) in [5.41, 5.74) is 11.2. The minimum Gasteiger partial charge on any atom is -0.384 e. The molecule has 126 valence electrons. The molecule has 5 nitrogen and oxygen atoms in total. The number of imidazole rings is 1. The first-order valence-electron chi connectivity index (χ1n) is 8.31. The number of rotatable bonds is 5. The predicted molar refractivity (Wildman–Crippen MR) is 100 cm³/mol. The van der Waals surface area contributed by atoms with E-state index >= 15 is 0 Å². The van der Waals surface area contributed by atoms with Crippen LogP contribution in [0.25, 0.3) is 22.3 Å². The van der Waals surface area contributed by atoms with E-state index in [0.29, 0.717) is 5.82 Å². The van der Waals surface area contributed by atoms with Crippen molar-refractivity contribution in [2.24, 2.45) is 0 Å². The molecule has 0 aliphatic carbocycles. The van der Waals surface area contributed by atoms with Gasteiger partial charge >= 0.3 is 0 Å². The van der Waals surface area contributed by atoms with Gasteiger partial charge in [-0.25, -0.2) is 9.97 Å². The molecule has 0 amide bonds. The predicted octanol–water partition coefficient (Wildman–Crippen LogP) is 3.25. The lowest BCUT2D eigenvalue weighted by molar-refractivity contribution is 0.387. The third-order valence-electron chi connectivity index (χ3n) is 4.21. The largest absolute Gasteiger partial charge is 0.384 e. The van der Waals surface area contributed by atoms with E-state index in [9.17, 15) is 0 Å². The SMILES string of the molecule is Cc1cc(-c2cccc(N)n2)c2c(c1)nc(C)n2CCCN(C)C. The number of pyridine rings is 1. The second-order valence-corrected chi connectivity index (χ2v) is 6.60. The van der Waals surface area contributed by atoms with E-state index in [4.69, 9.17) is 10.7 Å². The lowest BCUT2D eigenvalue weighted by Crippen LogP contribution is -2.15. The monoisotopic (exact) mass is 323 g/mol. The van der Waals surface area contributed by atoms with Gasteiger partial charge in [0, 0.05) is 12.1 Å². The van der Waals surface area contributed by atoms with E-state index in [0.717, 1.165) is 47.6 Å². The minimum absolute atomic E-state index is 0.539. The number of hydrogen-bond acceptors (Lipinski definition) is 4. The van der Waals surface area contributed by atoms with Crippen molar-refractivity contribution in [1.29, 1.82) is 0 Å². The van der Waals surface area contributed by atoms with Crippen molar-refractivity contribution < 1.29 is 0 Å². The average Bonchev–Trinajstić information content (AvgIpc) is 2.81. The molecule has 0 radical (unpaired) electrons. The van der Waals surface area contributed by atoms with Crippen LogP contribution in [-0.2, 0) is 6.54 Å². The van der Waals surface area contributed by atoms with Gasteiger partial charge in [-0.15, -0.1) is 0 Å². The summed E-state index contributed by atoms with van der Waals surface area (Å²) in [7, 11) is 4.20. The molecule has 3 rings (SSSR count). The molecule has 2 N–H and O–H groups in total. The van der Waals surface area contributed by atoms with Gasteiger partial charge in [0.15, 0.2) is 0 Å². The number of aryl methyl sites for hydroxylation is 3. The minimum atomic E-state index is 0.539. The quantitative estimate of drug-likeness (QED) is 0.783. The lowest BCUT2D eigenvalue weighted by atomic mass is 10.1. The molecule has 0 aliphatic rings. The Bertz CT molecular complexity index is 864. The van der Waals surface area contributed by atoms with Crippen molar-refractivity contribution in [3.63, 3.8) is 0 Å². The van der Waals surface area contributed by atoms with Gasteiger partial charge in [-0.1, -0.05) is 6.07 Å². The van der Waals surface area contributed by atoms with Crippen LogP contribution in [0.1, 0.15) is 17.8 Å². The maximum absolute atomic E-state index is 5.90. The van der Waals surface area contributed by atoms with Gasteiger partial charge < -0.3 is 15.2 Å². The summed E-state index contributed by atoms with van der Waals surface area (Å²) in [5, 5.41) is 0. The number of benzene rings is 1. The molecule has 1 aromatic carbocycles. The normalized spacial score (nSPS) is 11.5. The first kappa shape index (κ1) is 16.5. The van der Waals surface area contributed by atoms with Crippen molar-refractivity contribution in [1.82, 2.24) is 19.4 Å². The zero-order valence-electron chi connectivity index (χ0n) is 14.9. The van der Waals surface area contributed by atoms with Crippen LogP contribution in [0.5, 0.6) is 0 Å². The molecule has 5 heteroatoms. The maximum Gasteiger partial charge on any atom is 0.124 e. The van der Waals surface area contributed by atoms with E-state index < -0.39 is 0 Å². The van der Waals surface area contributed by atoms with Crippen LogP contribution in [0.3, 0.4) is 0 Å². The molecule has 0 saturated carbocycles. The Hall–Kier alpha value is -2.40. The summed E-state index contributed by atoms with van der Waals surface area (Å²) in [6.45, 7) is 6.16. The number of nitrogens with zero attached hydrogens (tertiary/aromatic N) is 4. The van der Waals surface area contributed by atoms with E-state index in [-0.39, 0.29) is 0 Å². The number of nitrogens with two attached hydrogens (primary N) is 1. The van der Waals surface area contributed by atoms with Crippen LogP contribution in [0.2, 0.25) is 0 Å². The highest BCUT2D eigenvalue weighted by Gasteiger charge is 2.15. The lowest BCUT2D eigenvalue weighted by Gasteiger charge is -2.13. The molecule has 2 heterocycles. The second kappa shape index (κ2) is 6.61. The average molecular weight is 323 g/mol. The van der Waals surface area contributed by atoms with Gasteiger partial charge in [0.2, 0.25) is 0 Å². The third kappa shape index (κ3) is 3.26. The first-order valence-corrected chi connectivity index (χ1v) is 8.31.